The standard InChI is InChI=1S/C32H46N2O11/c1-32(2,3)45-27(36)12-14-41-16-18-43-20-22-44-21-19-42-17-15-40-13-6-8-23-7-5-9-24-28(23)31(39)34(29(24)37)25-10-11-26(35)33(4)30(25)38/h5,7,9,25H,6,8,10-22H2,1-4H3. The van der Waals surface area contributed by atoms with E-state index in [4.69, 9.17) is 28.4 Å². The number of benzene rings is 1. The molecule has 1 fully saturated rings. The van der Waals surface area contributed by atoms with E-state index in [0.29, 0.717) is 84.5 Å². The topological polar surface area (TPSA) is 147 Å². The molecule has 0 spiro atoms. The molecule has 0 saturated carbocycles. The first kappa shape index (κ1) is 36.2. The number of carbonyl (C=O) groups excluding carboxylic acids is 5. The van der Waals surface area contributed by atoms with Crippen LogP contribution in [0.25, 0.3) is 0 Å². The molecule has 45 heavy (non-hydrogen) atoms. The molecule has 1 aromatic carbocycles. The maximum absolute atomic E-state index is 13.3. The van der Waals surface area contributed by atoms with Gasteiger partial charge in [-0.15, -0.1) is 0 Å². The summed E-state index contributed by atoms with van der Waals surface area (Å²) in [5.41, 5.74) is 0.849. The molecule has 1 atom stereocenters. The Morgan fingerprint density at radius 1 is 0.800 bits per heavy atom. The van der Waals surface area contributed by atoms with Crippen molar-refractivity contribution in [1.82, 2.24) is 9.80 Å². The van der Waals surface area contributed by atoms with Gasteiger partial charge in [-0.25, -0.2) is 0 Å². The summed E-state index contributed by atoms with van der Waals surface area (Å²) < 4.78 is 32.6. The largest absolute Gasteiger partial charge is 0.460 e. The minimum Gasteiger partial charge on any atom is -0.460 e. The van der Waals surface area contributed by atoms with Crippen LogP contribution in [0.3, 0.4) is 0 Å². The lowest BCUT2D eigenvalue weighted by Gasteiger charge is -2.32. The lowest BCUT2D eigenvalue weighted by Crippen LogP contribution is -2.54. The Morgan fingerprint density at radius 3 is 1.93 bits per heavy atom. The highest BCUT2D eigenvalue weighted by molar-refractivity contribution is 6.24. The van der Waals surface area contributed by atoms with Gasteiger partial charge in [0.1, 0.15) is 11.6 Å². The van der Waals surface area contributed by atoms with Gasteiger partial charge in [0, 0.05) is 20.1 Å². The minimum atomic E-state index is -0.968. The van der Waals surface area contributed by atoms with Crippen molar-refractivity contribution in [2.45, 2.75) is 64.5 Å². The fraction of sp³-hybridized carbons (Fsp3) is 0.656. The molecule has 0 N–H and O–H groups in total. The molecule has 0 aromatic heterocycles. The first-order valence-electron chi connectivity index (χ1n) is 15.4. The van der Waals surface area contributed by atoms with Crippen LogP contribution in [0, 0.1) is 0 Å². The number of likely N-dealkylation sites (tertiary alicyclic amines) is 1. The smallest absolute Gasteiger partial charge is 0.308 e. The highest BCUT2D eigenvalue weighted by Gasteiger charge is 2.46. The molecule has 3 rings (SSSR count). The maximum atomic E-state index is 13.3. The summed E-state index contributed by atoms with van der Waals surface area (Å²) in [4.78, 5) is 64.4. The molecule has 2 aliphatic rings. The number of fused-ring (bicyclic) bond motifs is 1. The summed E-state index contributed by atoms with van der Waals surface area (Å²) in [5.74, 6) is -2.13. The predicted molar refractivity (Wildman–Crippen MR) is 161 cm³/mol. The lowest BCUT2D eigenvalue weighted by atomic mass is 9.99. The first-order valence-corrected chi connectivity index (χ1v) is 15.4. The lowest BCUT2D eigenvalue weighted by molar-refractivity contribution is -0.156. The third-order valence-corrected chi connectivity index (χ3v) is 7.06. The first-order chi connectivity index (χ1) is 21.5. The van der Waals surface area contributed by atoms with Gasteiger partial charge in [0.2, 0.25) is 5.91 Å². The number of piperidine rings is 1. The van der Waals surface area contributed by atoms with Gasteiger partial charge in [-0.05, 0) is 51.7 Å². The minimum absolute atomic E-state index is 0.105. The van der Waals surface area contributed by atoms with E-state index >= 15 is 0 Å². The van der Waals surface area contributed by atoms with Crippen LogP contribution in [0.1, 0.15) is 72.7 Å². The second kappa shape index (κ2) is 18.1. The Balaban J connectivity index is 1.18. The van der Waals surface area contributed by atoms with E-state index in [1.54, 1.807) is 12.1 Å². The van der Waals surface area contributed by atoms with Crippen molar-refractivity contribution in [2.75, 3.05) is 73.1 Å². The number of esters is 1. The van der Waals surface area contributed by atoms with E-state index < -0.39 is 29.4 Å². The van der Waals surface area contributed by atoms with E-state index in [-0.39, 0.29) is 36.7 Å². The SMILES string of the molecule is CN1C(=O)CCC(N2C(=O)c3cccc(CCCOCCOCCOCCOCCOCCC(=O)OC(C)(C)C)c3C2=O)C1=O. The van der Waals surface area contributed by atoms with Crippen molar-refractivity contribution in [3.8, 4) is 0 Å². The number of carbonyl (C=O) groups is 5. The monoisotopic (exact) mass is 634 g/mol. The summed E-state index contributed by atoms with van der Waals surface area (Å²) in [6.45, 7) is 9.55. The zero-order valence-corrected chi connectivity index (χ0v) is 26.8. The molecule has 250 valence electrons. The van der Waals surface area contributed by atoms with Gasteiger partial charge in [0.05, 0.1) is 77.0 Å². The van der Waals surface area contributed by atoms with Crippen LogP contribution in [-0.2, 0) is 49.2 Å². The normalized spacial score (nSPS) is 16.9. The van der Waals surface area contributed by atoms with Gasteiger partial charge < -0.3 is 28.4 Å². The zero-order valence-electron chi connectivity index (χ0n) is 26.8. The van der Waals surface area contributed by atoms with Crippen LogP contribution in [0.15, 0.2) is 18.2 Å². The molecule has 13 nitrogen and oxygen atoms in total. The molecule has 0 bridgehead atoms. The number of hydrogen-bond donors (Lipinski definition) is 0. The van der Waals surface area contributed by atoms with Crippen LogP contribution < -0.4 is 0 Å². The fourth-order valence-electron chi connectivity index (χ4n) is 4.90. The van der Waals surface area contributed by atoms with Gasteiger partial charge >= 0.3 is 5.97 Å². The number of nitrogens with zero attached hydrogens (tertiary/aromatic N) is 2. The van der Waals surface area contributed by atoms with Crippen molar-refractivity contribution in [2.24, 2.45) is 0 Å². The number of rotatable bonds is 20. The summed E-state index contributed by atoms with van der Waals surface area (Å²) in [6, 6.07) is 4.17. The van der Waals surface area contributed by atoms with Gasteiger partial charge in [0.15, 0.2) is 0 Å². The van der Waals surface area contributed by atoms with E-state index in [0.717, 1.165) is 15.4 Å². The van der Waals surface area contributed by atoms with Gasteiger partial charge in [-0.2, -0.15) is 0 Å². The summed E-state index contributed by atoms with van der Waals surface area (Å²) in [6.07, 6.45) is 1.61. The summed E-state index contributed by atoms with van der Waals surface area (Å²) in [5, 5.41) is 0. The van der Waals surface area contributed by atoms with Crippen LogP contribution in [0.4, 0.5) is 0 Å². The number of amides is 4. The van der Waals surface area contributed by atoms with Crippen LogP contribution in [0.5, 0.6) is 0 Å². The molecule has 0 aliphatic carbocycles. The van der Waals surface area contributed by atoms with E-state index in [2.05, 4.69) is 0 Å². The number of aryl methyl sites for hydroxylation is 1. The summed E-state index contributed by atoms with van der Waals surface area (Å²) in [7, 11) is 1.37. The molecule has 4 amide bonds. The fourth-order valence-corrected chi connectivity index (χ4v) is 4.90. The van der Waals surface area contributed by atoms with Crippen molar-refractivity contribution < 1.29 is 52.4 Å². The third-order valence-electron chi connectivity index (χ3n) is 7.06. The quantitative estimate of drug-likeness (QED) is 0.118. The van der Waals surface area contributed by atoms with Crippen LogP contribution >= 0.6 is 0 Å². The van der Waals surface area contributed by atoms with Crippen molar-refractivity contribution in [3.05, 3.63) is 34.9 Å². The Kier molecular flexibility index (Phi) is 14.5. The molecule has 1 saturated heterocycles. The molecule has 2 heterocycles. The zero-order chi connectivity index (χ0) is 32.8. The maximum Gasteiger partial charge on any atom is 0.308 e. The van der Waals surface area contributed by atoms with E-state index in [1.165, 1.54) is 7.05 Å². The van der Waals surface area contributed by atoms with Crippen molar-refractivity contribution >= 4 is 29.6 Å². The van der Waals surface area contributed by atoms with Gasteiger partial charge in [-0.3, -0.25) is 33.8 Å². The van der Waals surface area contributed by atoms with Crippen molar-refractivity contribution in [3.63, 3.8) is 0 Å². The number of imide groups is 2. The molecule has 2 aliphatic heterocycles. The number of ether oxygens (including phenoxy) is 6. The van der Waals surface area contributed by atoms with Crippen LogP contribution in [-0.4, -0.2) is 124 Å². The van der Waals surface area contributed by atoms with Gasteiger partial charge in [-0.1, -0.05) is 12.1 Å². The second-order valence-corrected chi connectivity index (χ2v) is 11.7. The number of likely N-dealkylation sites (N-methyl/N-ethyl adjacent to an activating group) is 1. The Bertz CT molecular complexity index is 1180. The molecule has 1 aromatic rings. The molecule has 13 heteroatoms. The van der Waals surface area contributed by atoms with Crippen LogP contribution in [0.2, 0.25) is 0 Å². The third kappa shape index (κ3) is 11.3. The van der Waals surface area contributed by atoms with Crippen molar-refractivity contribution in [1.29, 1.82) is 0 Å². The average Bonchev–Trinajstić information content (AvgIpc) is 3.24. The molecular weight excluding hydrogens is 588 g/mol. The second-order valence-electron chi connectivity index (χ2n) is 11.7. The highest BCUT2D eigenvalue weighted by atomic mass is 16.6. The van der Waals surface area contributed by atoms with Gasteiger partial charge in [0.25, 0.3) is 17.7 Å². The average molecular weight is 635 g/mol. The Morgan fingerprint density at radius 2 is 1.36 bits per heavy atom. The van der Waals surface area contributed by atoms with E-state index in [1.807, 2.05) is 26.8 Å². The van der Waals surface area contributed by atoms with E-state index in [9.17, 15) is 24.0 Å². The predicted octanol–water partition coefficient (Wildman–Crippen LogP) is 2.18. The molecule has 0 radical (unpaired) electrons. The molecular formula is C32H46N2O11. The Labute approximate surface area is 264 Å². The molecule has 1 unspecified atom stereocenters. The number of hydrogen-bond acceptors (Lipinski definition) is 11. The Hall–Kier alpha value is -3.23. The highest BCUT2D eigenvalue weighted by Crippen LogP contribution is 2.31. The summed E-state index contributed by atoms with van der Waals surface area (Å²) >= 11 is 0.